The third kappa shape index (κ3) is 0.832. The highest BCUT2D eigenvalue weighted by molar-refractivity contribution is 5.41. The Balaban J connectivity index is 2.27. The molecule has 1 heterocycles. The molecule has 2 aliphatic carbocycles. The van der Waals surface area contributed by atoms with E-state index in [1.54, 1.807) is 6.07 Å². The summed E-state index contributed by atoms with van der Waals surface area (Å²) in [7, 11) is 0. The minimum absolute atomic E-state index is 0.223. The summed E-state index contributed by atoms with van der Waals surface area (Å²) < 4.78 is 0. The number of aromatic amines is 1. The first-order chi connectivity index (χ1) is 6.79. The van der Waals surface area contributed by atoms with Crippen LogP contribution in [0.2, 0.25) is 0 Å². The van der Waals surface area contributed by atoms with E-state index < -0.39 is 0 Å². The average Bonchev–Trinajstić information content (AvgIpc) is 2.77. The van der Waals surface area contributed by atoms with Crippen LogP contribution in [0.4, 0.5) is 0 Å². The van der Waals surface area contributed by atoms with Crippen molar-refractivity contribution < 1.29 is 0 Å². The Hall–Kier alpha value is -1.56. The maximum absolute atomic E-state index is 11.4. The number of pyridine rings is 1. The van der Waals surface area contributed by atoms with E-state index in [4.69, 9.17) is 5.26 Å². The van der Waals surface area contributed by atoms with E-state index in [2.05, 4.69) is 4.98 Å². The van der Waals surface area contributed by atoms with E-state index in [1.807, 2.05) is 6.07 Å². The molecule has 2 aliphatic rings. The molecule has 0 saturated heterocycles. The molecule has 2 atom stereocenters. The second kappa shape index (κ2) is 2.48. The topological polar surface area (TPSA) is 56.6 Å². The lowest BCUT2D eigenvalue weighted by Gasteiger charge is -2.13. The predicted molar refractivity (Wildman–Crippen MR) is 51.1 cm³/mol. The third-order valence-electron chi connectivity index (χ3n) is 3.50. The molecule has 1 aromatic rings. The summed E-state index contributed by atoms with van der Waals surface area (Å²) in [5.74, 6) is 1.15. The Morgan fingerprint density at radius 2 is 2.21 bits per heavy atom. The Labute approximate surface area is 81.4 Å². The smallest absolute Gasteiger partial charge is 0.266 e. The largest absolute Gasteiger partial charge is 0.325 e. The van der Waals surface area contributed by atoms with Gasteiger partial charge < -0.3 is 4.98 Å². The predicted octanol–water partition coefficient (Wildman–Crippen LogP) is 1.61. The monoisotopic (exact) mass is 186 g/mol. The molecule has 1 saturated carbocycles. The van der Waals surface area contributed by atoms with Crippen molar-refractivity contribution in [1.29, 1.82) is 5.26 Å². The van der Waals surface area contributed by atoms with Crippen molar-refractivity contribution in [3.8, 4) is 6.07 Å². The van der Waals surface area contributed by atoms with Crippen LogP contribution in [0.15, 0.2) is 10.9 Å². The summed E-state index contributed by atoms with van der Waals surface area (Å²) in [6.07, 6.45) is 3.58. The Kier molecular flexibility index (Phi) is 1.38. The number of hydrogen-bond donors (Lipinski definition) is 1. The molecule has 0 aromatic carbocycles. The van der Waals surface area contributed by atoms with Gasteiger partial charge in [0.05, 0.1) is 0 Å². The highest BCUT2D eigenvalue weighted by atomic mass is 16.1. The van der Waals surface area contributed by atoms with Gasteiger partial charge in [0.25, 0.3) is 5.56 Å². The normalized spacial score (nSPS) is 27.4. The van der Waals surface area contributed by atoms with Crippen molar-refractivity contribution in [1.82, 2.24) is 4.98 Å². The van der Waals surface area contributed by atoms with E-state index in [1.165, 1.54) is 24.8 Å². The van der Waals surface area contributed by atoms with Gasteiger partial charge in [-0.25, -0.2) is 0 Å². The number of nitrogens with one attached hydrogen (secondary N) is 1. The SMILES string of the molecule is N#Cc1cc2c([nH]c1=O)C1CCC2C1. The van der Waals surface area contributed by atoms with Gasteiger partial charge >= 0.3 is 0 Å². The molecule has 70 valence electrons. The molecule has 3 heteroatoms. The standard InChI is InChI=1S/C11H10N2O/c12-5-8-4-9-6-1-2-7(3-6)10(9)13-11(8)14/h4,6-7H,1-3H2,(H,13,14). The summed E-state index contributed by atoms with van der Waals surface area (Å²) in [6, 6.07) is 3.73. The summed E-state index contributed by atoms with van der Waals surface area (Å²) >= 11 is 0. The number of rotatable bonds is 0. The summed E-state index contributed by atoms with van der Waals surface area (Å²) in [4.78, 5) is 14.3. The van der Waals surface area contributed by atoms with Gasteiger partial charge in [-0.15, -0.1) is 0 Å². The zero-order valence-corrected chi connectivity index (χ0v) is 7.71. The number of fused-ring (bicyclic) bond motifs is 5. The fourth-order valence-corrected chi connectivity index (χ4v) is 2.85. The highest BCUT2D eigenvalue weighted by Crippen LogP contribution is 2.51. The molecule has 2 unspecified atom stereocenters. The van der Waals surface area contributed by atoms with E-state index in [-0.39, 0.29) is 11.1 Å². The van der Waals surface area contributed by atoms with Crippen LogP contribution in [0.5, 0.6) is 0 Å². The van der Waals surface area contributed by atoms with Crippen LogP contribution in [0, 0.1) is 11.3 Å². The van der Waals surface area contributed by atoms with Crippen LogP contribution in [-0.2, 0) is 0 Å². The van der Waals surface area contributed by atoms with Crippen LogP contribution in [-0.4, -0.2) is 4.98 Å². The first-order valence-corrected chi connectivity index (χ1v) is 4.97. The minimum Gasteiger partial charge on any atom is -0.325 e. The molecule has 2 bridgehead atoms. The first kappa shape index (κ1) is 7.81. The number of nitrogens with zero attached hydrogens (tertiary/aromatic N) is 1. The maximum atomic E-state index is 11.4. The summed E-state index contributed by atoms with van der Waals surface area (Å²) in [6.45, 7) is 0. The van der Waals surface area contributed by atoms with Crippen LogP contribution in [0.3, 0.4) is 0 Å². The van der Waals surface area contributed by atoms with Crippen LogP contribution in [0.1, 0.15) is 47.9 Å². The van der Waals surface area contributed by atoms with Crippen molar-refractivity contribution in [3.05, 3.63) is 33.2 Å². The quantitative estimate of drug-likeness (QED) is 0.669. The first-order valence-electron chi connectivity index (χ1n) is 4.97. The van der Waals surface area contributed by atoms with Crippen molar-refractivity contribution >= 4 is 0 Å². The second-order valence-corrected chi connectivity index (χ2v) is 4.20. The molecule has 1 fully saturated rings. The van der Waals surface area contributed by atoms with Gasteiger partial charge in [-0.3, -0.25) is 4.79 Å². The van der Waals surface area contributed by atoms with Crippen LogP contribution in [0.25, 0.3) is 0 Å². The third-order valence-corrected chi connectivity index (χ3v) is 3.50. The van der Waals surface area contributed by atoms with Gasteiger partial charge in [0.2, 0.25) is 0 Å². The zero-order chi connectivity index (χ0) is 9.71. The summed E-state index contributed by atoms with van der Waals surface area (Å²) in [5.41, 5.74) is 2.36. The Morgan fingerprint density at radius 1 is 1.43 bits per heavy atom. The van der Waals surface area contributed by atoms with Crippen molar-refractivity contribution in [3.63, 3.8) is 0 Å². The fourth-order valence-electron chi connectivity index (χ4n) is 2.85. The lowest BCUT2D eigenvalue weighted by molar-refractivity contribution is 0.693. The Bertz CT molecular complexity index is 495. The maximum Gasteiger partial charge on any atom is 0.266 e. The molecule has 1 N–H and O–H groups in total. The molecule has 14 heavy (non-hydrogen) atoms. The van der Waals surface area contributed by atoms with Gasteiger partial charge in [0.15, 0.2) is 0 Å². The molecule has 0 aliphatic heterocycles. The van der Waals surface area contributed by atoms with Crippen LogP contribution < -0.4 is 5.56 Å². The molecular formula is C11H10N2O. The van der Waals surface area contributed by atoms with Gasteiger partial charge in [-0.2, -0.15) is 5.26 Å². The van der Waals surface area contributed by atoms with E-state index in [9.17, 15) is 4.79 Å². The zero-order valence-electron chi connectivity index (χ0n) is 7.71. The highest BCUT2D eigenvalue weighted by Gasteiger charge is 2.37. The minimum atomic E-state index is -0.223. The van der Waals surface area contributed by atoms with E-state index in [0.717, 1.165) is 5.69 Å². The number of nitriles is 1. The number of hydrogen-bond acceptors (Lipinski definition) is 2. The van der Waals surface area contributed by atoms with E-state index in [0.29, 0.717) is 11.8 Å². The molecule has 1 aromatic heterocycles. The molecule has 0 radical (unpaired) electrons. The molecule has 0 amide bonds. The van der Waals surface area contributed by atoms with Crippen molar-refractivity contribution in [2.75, 3.05) is 0 Å². The molecule has 3 rings (SSSR count). The molecule has 3 nitrogen and oxygen atoms in total. The second-order valence-electron chi connectivity index (χ2n) is 4.20. The molecular weight excluding hydrogens is 176 g/mol. The summed E-state index contributed by atoms with van der Waals surface area (Å²) in [5, 5.41) is 8.75. The number of aromatic nitrogens is 1. The lowest BCUT2D eigenvalue weighted by atomic mass is 9.95. The van der Waals surface area contributed by atoms with Gasteiger partial charge in [0.1, 0.15) is 11.6 Å². The van der Waals surface area contributed by atoms with Crippen molar-refractivity contribution in [2.45, 2.75) is 31.1 Å². The van der Waals surface area contributed by atoms with Gasteiger partial charge in [0, 0.05) is 5.69 Å². The lowest BCUT2D eigenvalue weighted by Crippen LogP contribution is -2.15. The Morgan fingerprint density at radius 3 is 3.00 bits per heavy atom. The average molecular weight is 186 g/mol. The fraction of sp³-hybridized carbons (Fsp3) is 0.455. The van der Waals surface area contributed by atoms with Crippen molar-refractivity contribution in [2.24, 2.45) is 0 Å². The van der Waals surface area contributed by atoms with Gasteiger partial charge in [-0.1, -0.05) is 0 Å². The van der Waals surface area contributed by atoms with E-state index >= 15 is 0 Å². The molecule has 0 spiro atoms. The van der Waals surface area contributed by atoms with Gasteiger partial charge in [-0.05, 0) is 42.7 Å². The number of H-pyrrole nitrogens is 1. The van der Waals surface area contributed by atoms with Crippen LogP contribution >= 0.6 is 0 Å².